The van der Waals surface area contributed by atoms with Crippen LogP contribution in [0.2, 0.25) is 0 Å². The van der Waals surface area contributed by atoms with Crippen LogP contribution in [0.4, 0.5) is 16.3 Å². The first-order valence-electron chi connectivity index (χ1n) is 9.04. The van der Waals surface area contributed by atoms with Crippen LogP contribution in [0.25, 0.3) is 0 Å². The van der Waals surface area contributed by atoms with Gasteiger partial charge in [0, 0.05) is 31.9 Å². The fourth-order valence-electron chi connectivity index (χ4n) is 2.79. The molecule has 0 aliphatic carbocycles. The molecule has 0 radical (unpaired) electrons. The second kappa shape index (κ2) is 9.03. The Morgan fingerprint density at radius 2 is 1.71 bits per heavy atom. The van der Waals surface area contributed by atoms with Gasteiger partial charge in [-0.15, -0.1) is 0 Å². The molecule has 0 spiro atoms. The lowest BCUT2D eigenvalue weighted by atomic mass is 10.3. The molecule has 1 aromatic heterocycles. The predicted molar refractivity (Wildman–Crippen MR) is 103 cm³/mol. The van der Waals surface area contributed by atoms with E-state index in [1.165, 1.54) is 12.4 Å². The maximum absolute atomic E-state index is 12.6. The van der Waals surface area contributed by atoms with Crippen LogP contribution >= 0.6 is 0 Å². The molecule has 0 saturated carbocycles. The van der Waals surface area contributed by atoms with Crippen molar-refractivity contribution in [3.63, 3.8) is 0 Å². The molecule has 9 heteroatoms. The smallest absolute Gasteiger partial charge is 0.409 e. The van der Waals surface area contributed by atoms with Crippen molar-refractivity contribution in [3.8, 4) is 5.75 Å². The highest BCUT2D eigenvalue weighted by Gasteiger charge is 2.26. The number of methoxy groups -OCH3 is 1. The molecule has 2 amide bonds. The number of nitrogens with zero attached hydrogens (tertiary/aromatic N) is 4. The maximum atomic E-state index is 12.6. The van der Waals surface area contributed by atoms with Crippen molar-refractivity contribution in [3.05, 3.63) is 42.4 Å². The Bertz CT molecular complexity index is 802. The van der Waals surface area contributed by atoms with Gasteiger partial charge in [0.1, 0.15) is 17.3 Å². The second-order valence-corrected chi connectivity index (χ2v) is 6.12. The molecule has 1 saturated heterocycles. The molecule has 2 heterocycles. The number of piperazine rings is 1. The summed E-state index contributed by atoms with van der Waals surface area (Å²) in [5.74, 6) is 1.10. The van der Waals surface area contributed by atoms with Gasteiger partial charge in [0.25, 0.3) is 5.91 Å². The third kappa shape index (κ3) is 4.67. The number of amides is 2. The molecule has 2 aromatic rings. The standard InChI is InChI=1S/C19H23N5O4/c1-3-28-19(26)24-10-8-23(9-11-24)18(25)16-12-21-17(13-20-16)22-14-4-6-15(27-2)7-5-14/h4-7,12-13H,3,8-11H2,1-2H3,(H,21,22). The lowest BCUT2D eigenvalue weighted by Crippen LogP contribution is -2.50. The fourth-order valence-corrected chi connectivity index (χ4v) is 2.79. The molecule has 148 valence electrons. The largest absolute Gasteiger partial charge is 0.497 e. The minimum Gasteiger partial charge on any atom is -0.497 e. The summed E-state index contributed by atoms with van der Waals surface area (Å²) in [6.07, 6.45) is 2.63. The van der Waals surface area contributed by atoms with Crippen molar-refractivity contribution in [2.24, 2.45) is 0 Å². The zero-order valence-corrected chi connectivity index (χ0v) is 15.9. The van der Waals surface area contributed by atoms with E-state index in [9.17, 15) is 9.59 Å². The van der Waals surface area contributed by atoms with Crippen LogP contribution in [0.5, 0.6) is 5.75 Å². The Kier molecular flexibility index (Phi) is 6.25. The third-order valence-corrected chi connectivity index (χ3v) is 4.33. The first-order valence-corrected chi connectivity index (χ1v) is 9.04. The average Bonchev–Trinajstić information content (AvgIpc) is 2.74. The van der Waals surface area contributed by atoms with Gasteiger partial charge >= 0.3 is 6.09 Å². The summed E-state index contributed by atoms with van der Waals surface area (Å²) >= 11 is 0. The van der Waals surface area contributed by atoms with E-state index < -0.39 is 0 Å². The molecular weight excluding hydrogens is 362 g/mol. The van der Waals surface area contributed by atoms with Crippen molar-refractivity contribution in [1.29, 1.82) is 0 Å². The van der Waals surface area contributed by atoms with Gasteiger partial charge < -0.3 is 24.6 Å². The summed E-state index contributed by atoms with van der Waals surface area (Å²) in [5, 5.41) is 3.12. The van der Waals surface area contributed by atoms with E-state index in [1.54, 1.807) is 23.8 Å². The highest BCUT2D eigenvalue weighted by molar-refractivity contribution is 5.92. The molecule has 0 atom stereocenters. The van der Waals surface area contributed by atoms with E-state index in [1.807, 2.05) is 24.3 Å². The van der Waals surface area contributed by atoms with E-state index >= 15 is 0 Å². The maximum Gasteiger partial charge on any atom is 0.409 e. The number of ether oxygens (including phenoxy) is 2. The SMILES string of the molecule is CCOC(=O)N1CCN(C(=O)c2cnc(Nc3ccc(OC)cc3)cn2)CC1. The number of carbonyl (C=O) groups is 2. The number of carbonyl (C=O) groups excluding carboxylic acids is 2. The highest BCUT2D eigenvalue weighted by Crippen LogP contribution is 2.18. The monoisotopic (exact) mass is 385 g/mol. The first kappa shape index (κ1) is 19.4. The molecule has 0 unspecified atom stereocenters. The van der Waals surface area contributed by atoms with Gasteiger partial charge in [-0.05, 0) is 31.2 Å². The number of hydrogen-bond donors (Lipinski definition) is 1. The molecule has 1 aliphatic heterocycles. The van der Waals surface area contributed by atoms with E-state index in [0.29, 0.717) is 38.6 Å². The van der Waals surface area contributed by atoms with Crippen LogP contribution in [0, 0.1) is 0 Å². The Labute approximate surface area is 163 Å². The first-order chi connectivity index (χ1) is 13.6. The minimum absolute atomic E-state index is 0.202. The molecule has 1 aromatic carbocycles. The summed E-state index contributed by atoms with van der Waals surface area (Å²) in [4.78, 5) is 36.1. The van der Waals surface area contributed by atoms with Crippen LogP contribution < -0.4 is 10.1 Å². The zero-order valence-electron chi connectivity index (χ0n) is 15.9. The minimum atomic E-state index is -0.344. The third-order valence-electron chi connectivity index (χ3n) is 4.33. The lowest BCUT2D eigenvalue weighted by Gasteiger charge is -2.33. The van der Waals surface area contributed by atoms with Crippen molar-refractivity contribution in [1.82, 2.24) is 19.8 Å². The molecule has 9 nitrogen and oxygen atoms in total. The van der Waals surface area contributed by atoms with Crippen LogP contribution in [0.3, 0.4) is 0 Å². The Morgan fingerprint density at radius 1 is 1.04 bits per heavy atom. The van der Waals surface area contributed by atoms with Gasteiger partial charge in [-0.3, -0.25) is 4.79 Å². The number of aromatic nitrogens is 2. The summed E-state index contributed by atoms with van der Waals surface area (Å²) < 4.78 is 10.1. The van der Waals surface area contributed by atoms with E-state index in [4.69, 9.17) is 9.47 Å². The lowest BCUT2D eigenvalue weighted by molar-refractivity contribution is 0.0565. The Balaban J connectivity index is 1.55. The Hall–Kier alpha value is -3.36. The van der Waals surface area contributed by atoms with Gasteiger partial charge in [0.15, 0.2) is 0 Å². The number of benzene rings is 1. The number of hydrogen-bond acceptors (Lipinski definition) is 7. The van der Waals surface area contributed by atoms with Crippen molar-refractivity contribution < 1.29 is 19.1 Å². The summed E-state index contributed by atoms with van der Waals surface area (Å²) in [6, 6.07) is 7.40. The normalized spacial score (nSPS) is 13.8. The van der Waals surface area contributed by atoms with E-state index in [-0.39, 0.29) is 17.7 Å². The van der Waals surface area contributed by atoms with Gasteiger partial charge in [-0.25, -0.2) is 14.8 Å². The van der Waals surface area contributed by atoms with Gasteiger partial charge in [-0.1, -0.05) is 0 Å². The fraction of sp³-hybridized carbons (Fsp3) is 0.368. The van der Waals surface area contributed by atoms with Crippen LogP contribution in [0.15, 0.2) is 36.7 Å². The second-order valence-electron chi connectivity index (χ2n) is 6.12. The molecule has 1 fully saturated rings. The topological polar surface area (TPSA) is 96.9 Å². The Morgan fingerprint density at radius 3 is 2.29 bits per heavy atom. The highest BCUT2D eigenvalue weighted by atomic mass is 16.6. The van der Waals surface area contributed by atoms with Crippen molar-refractivity contribution in [2.45, 2.75) is 6.92 Å². The van der Waals surface area contributed by atoms with Crippen molar-refractivity contribution in [2.75, 3.05) is 45.2 Å². The number of anilines is 2. The number of rotatable bonds is 5. The quantitative estimate of drug-likeness (QED) is 0.842. The number of nitrogens with one attached hydrogen (secondary N) is 1. The molecule has 3 rings (SSSR count). The summed E-state index contributed by atoms with van der Waals surface area (Å²) in [6.45, 7) is 3.86. The molecule has 0 bridgehead atoms. The van der Waals surface area contributed by atoms with Crippen LogP contribution in [-0.2, 0) is 4.74 Å². The predicted octanol–water partition coefficient (Wildman–Crippen LogP) is 2.14. The summed E-state index contributed by atoms with van der Waals surface area (Å²) in [5.41, 5.74) is 1.11. The zero-order chi connectivity index (χ0) is 19.9. The van der Waals surface area contributed by atoms with E-state index in [2.05, 4.69) is 15.3 Å². The van der Waals surface area contributed by atoms with Crippen LogP contribution in [-0.4, -0.2) is 71.7 Å². The van der Waals surface area contributed by atoms with Gasteiger partial charge in [-0.2, -0.15) is 0 Å². The van der Waals surface area contributed by atoms with Crippen LogP contribution in [0.1, 0.15) is 17.4 Å². The molecule has 1 N–H and O–H groups in total. The van der Waals surface area contributed by atoms with E-state index in [0.717, 1.165) is 11.4 Å². The van der Waals surface area contributed by atoms with Crippen molar-refractivity contribution >= 4 is 23.5 Å². The summed E-state index contributed by atoms with van der Waals surface area (Å²) in [7, 11) is 1.61. The van der Waals surface area contributed by atoms with Gasteiger partial charge in [0.2, 0.25) is 0 Å². The molecular formula is C19H23N5O4. The average molecular weight is 385 g/mol. The molecule has 1 aliphatic rings. The van der Waals surface area contributed by atoms with Gasteiger partial charge in [0.05, 0.1) is 26.1 Å². The molecule has 28 heavy (non-hydrogen) atoms.